The molecular weight excluding hydrogens is 134 g/mol. The van der Waals surface area contributed by atoms with Gasteiger partial charge in [-0.15, -0.1) is 12.4 Å². The molecule has 0 heterocycles. The van der Waals surface area contributed by atoms with Crippen LogP contribution in [0.4, 0.5) is 0 Å². The fourth-order valence-electron chi connectivity index (χ4n) is 0. The van der Waals surface area contributed by atoms with Gasteiger partial charge in [0.1, 0.15) is 0 Å². The molecule has 0 radical (unpaired) electrons. The van der Waals surface area contributed by atoms with Gasteiger partial charge >= 0.3 is 23.1 Å². The minimum absolute atomic E-state index is 0. The Kier molecular flexibility index (Phi) is 125. The molecule has 0 aromatic carbocycles. The van der Waals surface area contributed by atoms with Crippen LogP contribution in [-0.4, -0.2) is 37.1 Å². The van der Waals surface area contributed by atoms with Crippen LogP contribution in [0.1, 0.15) is 13.3 Å². The molecule has 0 unspecified atom stereocenters. The van der Waals surface area contributed by atoms with Crippen molar-refractivity contribution >= 4 is 35.5 Å². The van der Waals surface area contributed by atoms with Crippen molar-refractivity contribution in [2.45, 2.75) is 13.3 Å². The van der Waals surface area contributed by atoms with Crippen LogP contribution in [0.2, 0.25) is 0 Å². The molecule has 48 valence electrons. The first-order valence-corrected chi connectivity index (χ1v) is 2.21. The average molecular weight is 149 g/mol. The summed E-state index contributed by atoms with van der Waals surface area (Å²) in [6.45, 7) is 5.50. The van der Waals surface area contributed by atoms with E-state index >= 15 is 0 Å². The molecule has 0 amide bonds. The number of rotatable bonds is 0. The molecule has 0 aliphatic heterocycles. The Balaban J connectivity index is -0.0000000160. The zero-order valence-corrected chi connectivity index (χ0v) is 8.26. The third-order valence-electron chi connectivity index (χ3n) is 0. The third-order valence-corrected chi connectivity index (χ3v) is 0. The van der Waals surface area contributed by atoms with E-state index in [9.17, 15) is 0 Å². The van der Waals surface area contributed by atoms with Crippen molar-refractivity contribution in [1.82, 2.24) is 5.32 Å². The second-order valence-corrected chi connectivity index (χ2v) is 1.000. The molecule has 0 aliphatic carbocycles. The fourth-order valence-corrected chi connectivity index (χ4v) is 0. The van der Waals surface area contributed by atoms with E-state index in [2.05, 4.69) is 12.2 Å². The standard InChI is InChI=1S/C3H7.C2H7N.ClH.Mg/c2*1-3-2;;/h1,3H2,2H3;3H,1-2H3;1H;/q-1;;;+2. The van der Waals surface area contributed by atoms with E-state index in [1.807, 2.05) is 21.0 Å². The van der Waals surface area contributed by atoms with Gasteiger partial charge in [-0.3, -0.25) is 0 Å². The number of halogens is 1. The Labute approximate surface area is 75.2 Å². The Hall–Kier alpha value is 1.02. The van der Waals surface area contributed by atoms with Crippen LogP contribution in [0.5, 0.6) is 0 Å². The second-order valence-electron chi connectivity index (χ2n) is 1.000. The maximum absolute atomic E-state index is 3.49. The molecule has 0 atom stereocenters. The molecule has 0 saturated heterocycles. The molecule has 0 aliphatic rings. The van der Waals surface area contributed by atoms with Gasteiger partial charge in [0.15, 0.2) is 0 Å². The van der Waals surface area contributed by atoms with Gasteiger partial charge in [-0.05, 0) is 14.1 Å². The number of hydrogen-bond donors (Lipinski definition) is 1. The van der Waals surface area contributed by atoms with E-state index in [1.54, 1.807) is 0 Å². The topological polar surface area (TPSA) is 12.0 Å². The van der Waals surface area contributed by atoms with Gasteiger partial charge in [0.25, 0.3) is 0 Å². The Morgan fingerprint density at radius 3 is 1.38 bits per heavy atom. The van der Waals surface area contributed by atoms with Crippen molar-refractivity contribution in [3.63, 3.8) is 0 Å². The summed E-state index contributed by atoms with van der Waals surface area (Å²) >= 11 is 0. The largest absolute Gasteiger partial charge is 2.00 e. The average Bonchev–Trinajstić information content (AvgIpc) is 1.39. The summed E-state index contributed by atoms with van der Waals surface area (Å²) in [7, 11) is 3.75. The maximum atomic E-state index is 3.49. The first-order chi connectivity index (χ1) is 2.83. The molecule has 1 N–H and O–H groups in total. The van der Waals surface area contributed by atoms with Crippen LogP contribution in [0.15, 0.2) is 0 Å². The van der Waals surface area contributed by atoms with Gasteiger partial charge in [-0.2, -0.15) is 6.42 Å². The van der Waals surface area contributed by atoms with Crippen molar-refractivity contribution < 1.29 is 0 Å². The van der Waals surface area contributed by atoms with Gasteiger partial charge in [-0.25, -0.2) is 0 Å². The third kappa shape index (κ3) is 246. The normalized spacial score (nSPS) is 4.50. The monoisotopic (exact) mass is 148 g/mol. The number of hydrogen-bond acceptors (Lipinski definition) is 1. The molecule has 3 heteroatoms. The van der Waals surface area contributed by atoms with Crippen LogP contribution < -0.4 is 5.32 Å². The van der Waals surface area contributed by atoms with E-state index < -0.39 is 0 Å². The van der Waals surface area contributed by atoms with Crippen molar-refractivity contribution in [2.75, 3.05) is 14.1 Å². The van der Waals surface area contributed by atoms with Gasteiger partial charge < -0.3 is 12.2 Å². The summed E-state index contributed by atoms with van der Waals surface area (Å²) < 4.78 is 0. The molecule has 0 rings (SSSR count). The quantitative estimate of drug-likeness (QED) is 0.401. The van der Waals surface area contributed by atoms with Gasteiger partial charge in [0.2, 0.25) is 0 Å². The van der Waals surface area contributed by atoms with E-state index in [0.717, 1.165) is 6.42 Å². The van der Waals surface area contributed by atoms with Gasteiger partial charge in [0, 0.05) is 0 Å². The predicted molar refractivity (Wildman–Crippen MR) is 43.6 cm³/mol. The molecule has 0 bridgehead atoms. The second kappa shape index (κ2) is 43.4. The van der Waals surface area contributed by atoms with Crippen molar-refractivity contribution in [3.8, 4) is 0 Å². The fraction of sp³-hybridized carbons (Fsp3) is 0.800. The van der Waals surface area contributed by atoms with E-state index in [4.69, 9.17) is 0 Å². The van der Waals surface area contributed by atoms with Gasteiger partial charge in [0.05, 0.1) is 0 Å². The van der Waals surface area contributed by atoms with Crippen molar-refractivity contribution in [2.24, 2.45) is 0 Å². The van der Waals surface area contributed by atoms with Gasteiger partial charge in [-0.1, -0.05) is 6.92 Å². The molecule has 8 heavy (non-hydrogen) atoms. The molecule has 0 saturated carbocycles. The first-order valence-electron chi connectivity index (χ1n) is 2.21. The minimum Gasteiger partial charge on any atom is -0.344 e. The smallest absolute Gasteiger partial charge is 0.344 e. The van der Waals surface area contributed by atoms with Crippen LogP contribution in [0.3, 0.4) is 0 Å². The summed E-state index contributed by atoms with van der Waals surface area (Å²) in [6, 6.07) is 0. The molecule has 0 aromatic heterocycles. The van der Waals surface area contributed by atoms with Crippen LogP contribution >= 0.6 is 12.4 Å². The summed E-state index contributed by atoms with van der Waals surface area (Å²) in [5.41, 5.74) is 0. The molecule has 1 nitrogen and oxygen atoms in total. The van der Waals surface area contributed by atoms with E-state index in [1.165, 1.54) is 0 Å². The Bertz CT molecular complexity index is 14.4. The zero-order chi connectivity index (χ0) is 5.41. The molecule has 0 aromatic rings. The SMILES string of the molecule is CNC.Cl.[CH2-]CC.[Mg+2]. The summed E-state index contributed by atoms with van der Waals surface area (Å²) in [5, 5.41) is 2.75. The molecule has 0 spiro atoms. The predicted octanol–water partition coefficient (Wildman–Crippen LogP) is 1.11. The van der Waals surface area contributed by atoms with Crippen molar-refractivity contribution in [3.05, 3.63) is 6.92 Å². The molecule has 0 fully saturated rings. The van der Waals surface area contributed by atoms with E-state index in [-0.39, 0.29) is 35.5 Å². The molecular formula is C5H15ClMgN+. The first kappa shape index (κ1) is 23.0. The van der Waals surface area contributed by atoms with Crippen LogP contribution in [-0.2, 0) is 0 Å². The van der Waals surface area contributed by atoms with Crippen LogP contribution in [0, 0.1) is 6.92 Å². The summed E-state index contributed by atoms with van der Waals surface area (Å²) in [4.78, 5) is 0. The Morgan fingerprint density at radius 1 is 1.38 bits per heavy atom. The van der Waals surface area contributed by atoms with Crippen molar-refractivity contribution in [1.29, 1.82) is 0 Å². The minimum atomic E-state index is 0. The maximum Gasteiger partial charge on any atom is 2.00 e. The zero-order valence-electron chi connectivity index (χ0n) is 6.03. The number of nitrogens with one attached hydrogen (secondary N) is 1. The summed E-state index contributed by atoms with van der Waals surface area (Å²) in [5.74, 6) is 0. The van der Waals surface area contributed by atoms with E-state index in [0.29, 0.717) is 0 Å². The Morgan fingerprint density at radius 2 is 1.38 bits per heavy atom. The van der Waals surface area contributed by atoms with Crippen LogP contribution in [0.25, 0.3) is 0 Å². The summed E-state index contributed by atoms with van der Waals surface area (Å²) in [6.07, 6.45) is 1.00.